The number of amides is 2. The van der Waals surface area contributed by atoms with E-state index in [2.05, 4.69) is 10.2 Å². The molecule has 1 unspecified atom stereocenters. The van der Waals surface area contributed by atoms with Gasteiger partial charge in [0.25, 0.3) is 5.91 Å². The van der Waals surface area contributed by atoms with Crippen LogP contribution >= 0.6 is 0 Å². The van der Waals surface area contributed by atoms with E-state index in [1.165, 1.54) is 12.5 Å². The fourth-order valence-electron chi connectivity index (χ4n) is 3.81. The van der Waals surface area contributed by atoms with Gasteiger partial charge in [-0.2, -0.15) is 0 Å². The Balaban J connectivity index is 1.28. The Morgan fingerprint density at radius 2 is 1.86 bits per heavy atom. The van der Waals surface area contributed by atoms with Crippen LogP contribution in [0.15, 0.2) is 47.3 Å². The fourth-order valence-corrected chi connectivity index (χ4v) is 3.81. The molecule has 7 nitrogen and oxygen atoms in total. The number of piperazine rings is 1. The van der Waals surface area contributed by atoms with Crippen molar-refractivity contribution in [3.63, 3.8) is 0 Å². The molecule has 2 aliphatic rings. The van der Waals surface area contributed by atoms with Crippen molar-refractivity contribution in [3.8, 4) is 5.75 Å². The molecule has 1 aromatic heterocycles. The zero-order valence-electron chi connectivity index (χ0n) is 16.7. The molecule has 1 aliphatic carbocycles. The molecule has 4 rings (SSSR count). The summed E-state index contributed by atoms with van der Waals surface area (Å²) in [6.07, 6.45) is 5.27. The van der Waals surface area contributed by atoms with Gasteiger partial charge in [0.1, 0.15) is 12.0 Å². The van der Waals surface area contributed by atoms with Crippen molar-refractivity contribution in [1.29, 1.82) is 0 Å². The summed E-state index contributed by atoms with van der Waals surface area (Å²) in [7, 11) is 1.65. The highest BCUT2D eigenvalue weighted by Crippen LogP contribution is 2.41. The SMILES string of the molecule is COc1ccc(C(NC(=O)CN2CCN(C(=O)c3ccoc3)CC2)C2CC2)cc1. The molecule has 0 bridgehead atoms. The van der Waals surface area contributed by atoms with Crippen molar-refractivity contribution in [2.45, 2.75) is 18.9 Å². The van der Waals surface area contributed by atoms with Crippen LogP contribution in [0.4, 0.5) is 0 Å². The maximum Gasteiger partial charge on any atom is 0.257 e. The van der Waals surface area contributed by atoms with Gasteiger partial charge < -0.3 is 19.4 Å². The van der Waals surface area contributed by atoms with Gasteiger partial charge >= 0.3 is 0 Å². The molecule has 1 atom stereocenters. The Hall–Kier alpha value is -2.80. The number of benzene rings is 1. The van der Waals surface area contributed by atoms with Crippen LogP contribution in [0.3, 0.4) is 0 Å². The summed E-state index contributed by atoms with van der Waals surface area (Å²) < 4.78 is 10.2. The van der Waals surface area contributed by atoms with Crippen molar-refractivity contribution < 1.29 is 18.7 Å². The van der Waals surface area contributed by atoms with E-state index in [1.807, 2.05) is 29.2 Å². The van der Waals surface area contributed by atoms with Gasteiger partial charge in [0.05, 0.1) is 31.5 Å². The Bertz CT molecular complexity index is 822. The Morgan fingerprint density at radius 3 is 2.45 bits per heavy atom. The van der Waals surface area contributed by atoms with Crippen LogP contribution in [0.25, 0.3) is 0 Å². The molecule has 0 radical (unpaired) electrons. The third-order valence-corrected chi connectivity index (χ3v) is 5.68. The van der Waals surface area contributed by atoms with E-state index >= 15 is 0 Å². The van der Waals surface area contributed by atoms with Crippen molar-refractivity contribution in [2.75, 3.05) is 39.8 Å². The molecule has 2 heterocycles. The second-order valence-corrected chi connectivity index (χ2v) is 7.74. The number of methoxy groups -OCH3 is 1. The van der Waals surface area contributed by atoms with Crippen LogP contribution in [0.1, 0.15) is 34.8 Å². The van der Waals surface area contributed by atoms with Gasteiger partial charge in [-0.25, -0.2) is 0 Å². The van der Waals surface area contributed by atoms with E-state index in [-0.39, 0.29) is 17.9 Å². The Kier molecular flexibility index (Phi) is 5.85. The maximum absolute atomic E-state index is 12.7. The van der Waals surface area contributed by atoms with Crippen LogP contribution in [0.2, 0.25) is 0 Å². The summed E-state index contributed by atoms with van der Waals surface area (Å²) in [4.78, 5) is 29.0. The number of hydrogen-bond donors (Lipinski definition) is 1. The third kappa shape index (κ3) is 4.79. The fraction of sp³-hybridized carbons (Fsp3) is 0.455. The first kappa shape index (κ1) is 19.5. The summed E-state index contributed by atoms with van der Waals surface area (Å²) in [5.74, 6) is 1.35. The number of nitrogens with zero attached hydrogens (tertiary/aromatic N) is 2. The zero-order valence-corrected chi connectivity index (χ0v) is 16.7. The van der Waals surface area contributed by atoms with E-state index in [4.69, 9.17) is 9.15 Å². The van der Waals surface area contributed by atoms with E-state index in [0.29, 0.717) is 44.2 Å². The molecule has 1 saturated carbocycles. The second kappa shape index (κ2) is 8.69. The average molecular weight is 397 g/mol. The Morgan fingerprint density at radius 1 is 1.14 bits per heavy atom. The van der Waals surface area contributed by atoms with E-state index in [0.717, 1.165) is 24.2 Å². The number of ether oxygens (including phenoxy) is 1. The second-order valence-electron chi connectivity index (χ2n) is 7.74. The number of carbonyl (C=O) groups is 2. The summed E-state index contributed by atoms with van der Waals surface area (Å²) >= 11 is 0. The highest BCUT2D eigenvalue weighted by Gasteiger charge is 2.34. The number of nitrogens with one attached hydrogen (secondary N) is 1. The van der Waals surface area contributed by atoms with E-state index < -0.39 is 0 Å². The average Bonchev–Trinajstić information content (AvgIpc) is 3.45. The third-order valence-electron chi connectivity index (χ3n) is 5.68. The summed E-state index contributed by atoms with van der Waals surface area (Å²) in [5.41, 5.74) is 1.69. The van der Waals surface area contributed by atoms with Crippen molar-refractivity contribution >= 4 is 11.8 Å². The molecule has 0 spiro atoms. The van der Waals surface area contributed by atoms with Crippen LogP contribution < -0.4 is 10.1 Å². The van der Waals surface area contributed by atoms with Crippen LogP contribution in [-0.2, 0) is 4.79 Å². The van der Waals surface area contributed by atoms with Gasteiger partial charge in [0, 0.05) is 26.2 Å². The smallest absolute Gasteiger partial charge is 0.257 e. The van der Waals surface area contributed by atoms with Gasteiger partial charge in [-0.05, 0) is 42.5 Å². The summed E-state index contributed by atoms with van der Waals surface area (Å²) in [5, 5.41) is 3.22. The standard InChI is InChI=1S/C22H27N3O4/c1-28-19-6-4-17(5-7-19)21(16-2-3-16)23-20(26)14-24-9-11-25(12-10-24)22(27)18-8-13-29-15-18/h4-8,13,15-16,21H,2-3,9-12,14H2,1H3,(H,23,26). The minimum Gasteiger partial charge on any atom is -0.497 e. The molecule has 7 heteroatoms. The zero-order chi connectivity index (χ0) is 20.2. The lowest BCUT2D eigenvalue weighted by atomic mass is 10.0. The summed E-state index contributed by atoms with van der Waals surface area (Å²) in [6.45, 7) is 2.96. The van der Waals surface area contributed by atoms with Crippen molar-refractivity contribution in [2.24, 2.45) is 5.92 Å². The van der Waals surface area contributed by atoms with E-state index in [9.17, 15) is 9.59 Å². The normalized spacial score (nSPS) is 18.3. The number of rotatable bonds is 7. The predicted octanol–water partition coefficient (Wildman–Crippen LogP) is 2.31. The molecule has 1 saturated heterocycles. The molecule has 2 aromatic rings. The monoisotopic (exact) mass is 397 g/mol. The Labute approximate surface area is 170 Å². The van der Waals surface area contributed by atoms with Gasteiger partial charge in [-0.15, -0.1) is 0 Å². The quantitative estimate of drug-likeness (QED) is 0.776. The molecule has 1 aromatic carbocycles. The van der Waals surface area contributed by atoms with Crippen LogP contribution in [-0.4, -0.2) is 61.4 Å². The first-order chi connectivity index (χ1) is 14.1. The first-order valence-electron chi connectivity index (χ1n) is 10.1. The molecule has 2 amide bonds. The molecular weight excluding hydrogens is 370 g/mol. The topological polar surface area (TPSA) is 75.0 Å². The molecule has 1 aliphatic heterocycles. The van der Waals surface area contributed by atoms with E-state index in [1.54, 1.807) is 13.2 Å². The molecule has 29 heavy (non-hydrogen) atoms. The molecular formula is C22H27N3O4. The number of furan rings is 1. The highest BCUT2D eigenvalue weighted by molar-refractivity contribution is 5.93. The largest absolute Gasteiger partial charge is 0.497 e. The highest BCUT2D eigenvalue weighted by atomic mass is 16.5. The molecule has 2 fully saturated rings. The molecule has 154 valence electrons. The van der Waals surface area contributed by atoms with Crippen molar-refractivity contribution in [1.82, 2.24) is 15.1 Å². The number of hydrogen-bond acceptors (Lipinski definition) is 5. The van der Waals surface area contributed by atoms with Crippen LogP contribution in [0.5, 0.6) is 5.75 Å². The summed E-state index contributed by atoms with van der Waals surface area (Å²) in [6, 6.07) is 9.67. The lowest BCUT2D eigenvalue weighted by molar-refractivity contribution is -0.123. The lowest BCUT2D eigenvalue weighted by Crippen LogP contribution is -2.51. The maximum atomic E-state index is 12.7. The van der Waals surface area contributed by atoms with Gasteiger partial charge in [-0.3, -0.25) is 14.5 Å². The van der Waals surface area contributed by atoms with Crippen LogP contribution in [0, 0.1) is 5.92 Å². The van der Waals surface area contributed by atoms with Gasteiger partial charge in [-0.1, -0.05) is 12.1 Å². The van der Waals surface area contributed by atoms with Gasteiger partial charge in [0.15, 0.2) is 0 Å². The minimum atomic E-state index is -0.0174. The number of carbonyl (C=O) groups excluding carboxylic acids is 2. The first-order valence-corrected chi connectivity index (χ1v) is 10.1. The minimum absolute atomic E-state index is 0.0174. The van der Waals surface area contributed by atoms with Gasteiger partial charge in [0.2, 0.25) is 5.91 Å². The lowest BCUT2D eigenvalue weighted by Gasteiger charge is -2.34. The van der Waals surface area contributed by atoms with Crippen molar-refractivity contribution in [3.05, 3.63) is 54.0 Å². The molecule has 1 N–H and O–H groups in total. The predicted molar refractivity (Wildman–Crippen MR) is 108 cm³/mol.